The zero-order valence-corrected chi connectivity index (χ0v) is 8.03. The lowest BCUT2D eigenvalue weighted by molar-refractivity contribution is 0.577. The molecule has 62 valence electrons. The second kappa shape index (κ2) is 4.70. The molecular weight excluding hydrogens is 207 g/mol. The molecule has 0 aromatic heterocycles. The van der Waals surface area contributed by atoms with Crippen molar-refractivity contribution in [2.24, 2.45) is 0 Å². The molecule has 0 N–H and O–H groups in total. The van der Waals surface area contributed by atoms with Gasteiger partial charge in [0, 0.05) is 11.8 Å². The molecule has 11 heavy (non-hydrogen) atoms. The Labute approximate surface area is 75.3 Å². The lowest BCUT2D eigenvalue weighted by Gasteiger charge is -2.08. The molecule has 0 unspecified atom stereocenters. The van der Waals surface area contributed by atoms with Gasteiger partial charge in [0.1, 0.15) is 5.83 Å². The lowest BCUT2D eigenvalue weighted by atomic mass is 10.0. The maximum atomic E-state index is 12.5. The third kappa shape index (κ3) is 3.19. The first-order chi connectivity index (χ1) is 5.33. The summed E-state index contributed by atoms with van der Waals surface area (Å²) >= 11 is 3.37. The van der Waals surface area contributed by atoms with Gasteiger partial charge in [-0.2, -0.15) is 0 Å². The van der Waals surface area contributed by atoms with Gasteiger partial charge in [-0.15, -0.1) is 0 Å². The molecule has 0 aromatic carbocycles. The molecule has 1 aliphatic rings. The number of alkyl halides is 1. The lowest BCUT2D eigenvalue weighted by Crippen LogP contribution is -1.90. The molecule has 1 aliphatic carbocycles. The molecule has 0 amide bonds. The van der Waals surface area contributed by atoms with Crippen LogP contribution in [-0.4, -0.2) is 5.33 Å². The average molecular weight is 219 g/mol. The van der Waals surface area contributed by atoms with Crippen LogP contribution < -0.4 is 0 Å². The number of allylic oxidation sites excluding steroid dienone is 4. The highest BCUT2D eigenvalue weighted by Crippen LogP contribution is 2.22. The van der Waals surface area contributed by atoms with Gasteiger partial charge < -0.3 is 0 Å². The van der Waals surface area contributed by atoms with Gasteiger partial charge in [-0.1, -0.05) is 27.6 Å². The van der Waals surface area contributed by atoms with Crippen LogP contribution in [0.3, 0.4) is 0 Å². The molecular formula is C9H12BrF. The molecule has 0 radical (unpaired) electrons. The topological polar surface area (TPSA) is 0 Å². The number of hydrogen-bond acceptors (Lipinski definition) is 0. The fourth-order valence-corrected chi connectivity index (χ4v) is 1.44. The highest BCUT2D eigenvalue weighted by molar-refractivity contribution is 9.09. The van der Waals surface area contributed by atoms with E-state index in [2.05, 4.69) is 15.9 Å². The fraction of sp³-hybridized carbons (Fsp3) is 0.556. The molecule has 0 atom stereocenters. The Bertz CT molecular complexity index is 182. The van der Waals surface area contributed by atoms with Crippen LogP contribution in [0, 0.1) is 0 Å². The monoisotopic (exact) mass is 218 g/mol. The van der Waals surface area contributed by atoms with Gasteiger partial charge in [-0.25, -0.2) is 4.39 Å². The van der Waals surface area contributed by atoms with E-state index >= 15 is 0 Å². The van der Waals surface area contributed by atoms with Crippen molar-refractivity contribution in [3.8, 4) is 0 Å². The van der Waals surface area contributed by atoms with Crippen molar-refractivity contribution in [1.29, 1.82) is 0 Å². The largest absolute Gasteiger partial charge is 0.212 e. The summed E-state index contributed by atoms with van der Waals surface area (Å²) in [5, 5.41) is 1.04. The maximum absolute atomic E-state index is 12.5. The summed E-state index contributed by atoms with van der Waals surface area (Å²) in [6.07, 6.45) is 7.29. The predicted octanol–water partition coefficient (Wildman–Crippen LogP) is 3.74. The van der Waals surface area contributed by atoms with E-state index in [9.17, 15) is 4.39 Å². The molecule has 0 saturated heterocycles. The molecule has 1 rings (SSSR count). The summed E-state index contributed by atoms with van der Waals surface area (Å²) < 4.78 is 12.5. The molecule has 2 heteroatoms. The summed E-state index contributed by atoms with van der Waals surface area (Å²) in [5.74, 6) is 0.0209. The van der Waals surface area contributed by atoms with Crippen LogP contribution in [0.2, 0.25) is 0 Å². The Morgan fingerprint density at radius 1 is 1.36 bits per heavy atom. The van der Waals surface area contributed by atoms with Gasteiger partial charge in [0.15, 0.2) is 0 Å². The summed E-state index contributed by atoms with van der Waals surface area (Å²) in [7, 11) is 0. The average Bonchev–Trinajstić information content (AvgIpc) is 2.04. The van der Waals surface area contributed by atoms with Gasteiger partial charge in [-0.3, -0.25) is 0 Å². The van der Waals surface area contributed by atoms with Crippen molar-refractivity contribution >= 4 is 15.9 Å². The summed E-state index contributed by atoms with van der Waals surface area (Å²) in [5.41, 5.74) is 1.38. The minimum Gasteiger partial charge on any atom is -0.212 e. The van der Waals surface area contributed by atoms with E-state index in [0.717, 1.165) is 24.6 Å². The van der Waals surface area contributed by atoms with Gasteiger partial charge >= 0.3 is 0 Å². The van der Waals surface area contributed by atoms with E-state index in [1.165, 1.54) is 5.57 Å². The Kier molecular flexibility index (Phi) is 3.84. The van der Waals surface area contributed by atoms with Gasteiger partial charge in [0.25, 0.3) is 0 Å². The highest BCUT2D eigenvalue weighted by atomic mass is 79.9. The van der Waals surface area contributed by atoms with Crippen LogP contribution in [0.4, 0.5) is 4.39 Å². The zero-order chi connectivity index (χ0) is 8.10. The minimum atomic E-state index is 0.0209. The van der Waals surface area contributed by atoms with Crippen molar-refractivity contribution < 1.29 is 4.39 Å². The van der Waals surface area contributed by atoms with Crippen molar-refractivity contribution in [1.82, 2.24) is 0 Å². The van der Waals surface area contributed by atoms with Crippen molar-refractivity contribution in [3.63, 3.8) is 0 Å². The maximum Gasteiger partial charge on any atom is 0.100 e. The van der Waals surface area contributed by atoms with Crippen molar-refractivity contribution in [2.45, 2.75) is 25.7 Å². The van der Waals surface area contributed by atoms with E-state index < -0.39 is 0 Å². The second-order valence-electron chi connectivity index (χ2n) is 2.73. The SMILES string of the molecule is FC1=CC=C(CCCBr)CC1. The molecule has 0 spiro atoms. The first-order valence-electron chi connectivity index (χ1n) is 3.93. The standard InChI is InChI=1S/C9H12BrF/c10-7-1-2-8-3-5-9(11)6-4-8/h3,5H,1-2,4,6-7H2. The first kappa shape index (κ1) is 8.98. The first-order valence-corrected chi connectivity index (χ1v) is 5.05. The Morgan fingerprint density at radius 3 is 2.73 bits per heavy atom. The molecule has 0 aliphatic heterocycles. The van der Waals surface area contributed by atoms with E-state index in [1.54, 1.807) is 6.08 Å². The van der Waals surface area contributed by atoms with E-state index in [1.807, 2.05) is 6.08 Å². The molecule has 0 fully saturated rings. The molecule has 0 saturated carbocycles. The van der Waals surface area contributed by atoms with Crippen molar-refractivity contribution in [3.05, 3.63) is 23.6 Å². The van der Waals surface area contributed by atoms with E-state index in [0.29, 0.717) is 6.42 Å². The Morgan fingerprint density at radius 2 is 2.18 bits per heavy atom. The number of halogens is 2. The smallest absolute Gasteiger partial charge is 0.100 e. The molecule has 0 heterocycles. The molecule has 0 nitrogen and oxygen atoms in total. The summed E-state index contributed by atoms with van der Waals surface area (Å²) in [6.45, 7) is 0. The van der Waals surface area contributed by atoms with E-state index in [-0.39, 0.29) is 5.83 Å². The van der Waals surface area contributed by atoms with Gasteiger partial charge in [0.05, 0.1) is 0 Å². The predicted molar refractivity (Wildman–Crippen MR) is 49.5 cm³/mol. The normalized spacial score (nSPS) is 17.6. The van der Waals surface area contributed by atoms with Crippen LogP contribution in [-0.2, 0) is 0 Å². The number of hydrogen-bond donors (Lipinski definition) is 0. The summed E-state index contributed by atoms with van der Waals surface area (Å²) in [6, 6.07) is 0. The van der Waals surface area contributed by atoms with Gasteiger partial charge in [-0.05, 0) is 25.3 Å². The third-order valence-electron chi connectivity index (χ3n) is 1.82. The fourth-order valence-electron chi connectivity index (χ4n) is 1.16. The highest BCUT2D eigenvalue weighted by Gasteiger charge is 2.04. The van der Waals surface area contributed by atoms with Crippen LogP contribution in [0.5, 0.6) is 0 Å². The third-order valence-corrected chi connectivity index (χ3v) is 2.38. The summed E-state index contributed by atoms with van der Waals surface area (Å²) in [4.78, 5) is 0. The van der Waals surface area contributed by atoms with Crippen LogP contribution in [0.15, 0.2) is 23.6 Å². The Balaban J connectivity index is 2.35. The second-order valence-corrected chi connectivity index (χ2v) is 3.52. The minimum absolute atomic E-state index is 0.0209. The Hall–Kier alpha value is -0.110. The van der Waals surface area contributed by atoms with E-state index in [4.69, 9.17) is 0 Å². The van der Waals surface area contributed by atoms with Crippen molar-refractivity contribution in [2.75, 3.05) is 5.33 Å². The van der Waals surface area contributed by atoms with Gasteiger partial charge in [0.2, 0.25) is 0 Å². The quantitative estimate of drug-likeness (QED) is 0.634. The van der Waals surface area contributed by atoms with Crippen LogP contribution in [0.1, 0.15) is 25.7 Å². The van der Waals surface area contributed by atoms with Crippen LogP contribution in [0.25, 0.3) is 0 Å². The zero-order valence-electron chi connectivity index (χ0n) is 6.45. The molecule has 0 aromatic rings. The number of rotatable bonds is 3. The molecule has 0 bridgehead atoms. The van der Waals surface area contributed by atoms with Crippen LogP contribution >= 0.6 is 15.9 Å².